The molecule has 106 valence electrons. The fourth-order valence-electron chi connectivity index (χ4n) is 1.97. The van der Waals surface area contributed by atoms with Crippen molar-refractivity contribution in [2.24, 2.45) is 0 Å². The Kier molecular flexibility index (Phi) is 5.56. The zero-order chi connectivity index (χ0) is 14.4. The Morgan fingerprint density at radius 2 is 2.20 bits per heavy atom. The summed E-state index contributed by atoms with van der Waals surface area (Å²) in [6.07, 6.45) is 4.51. The Hall–Kier alpha value is -1.39. The summed E-state index contributed by atoms with van der Waals surface area (Å²) in [4.78, 5) is 4.11. The molecule has 0 aliphatic rings. The minimum atomic E-state index is 0.261. The van der Waals surface area contributed by atoms with Crippen LogP contribution < -0.4 is 10.1 Å². The number of nitrogens with one attached hydrogen (secondary N) is 1. The molecule has 2 rings (SSSR count). The summed E-state index contributed by atoms with van der Waals surface area (Å²) in [5, 5.41) is 3.24. The van der Waals surface area contributed by atoms with Crippen molar-refractivity contribution in [2.45, 2.75) is 19.4 Å². The lowest BCUT2D eigenvalue weighted by Gasteiger charge is -2.17. The molecule has 0 fully saturated rings. The zero-order valence-electron chi connectivity index (χ0n) is 11.8. The third-order valence-corrected chi connectivity index (χ3v) is 3.74. The molecule has 3 nitrogen and oxygen atoms in total. The van der Waals surface area contributed by atoms with Gasteiger partial charge in [0.05, 0.1) is 6.61 Å². The maximum absolute atomic E-state index is 5.95. The molecule has 1 unspecified atom stereocenters. The fraction of sp³-hybridized carbons (Fsp3) is 0.312. The molecule has 0 radical (unpaired) electrons. The summed E-state index contributed by atoms with van der Waals surface area (Å²) in [5.41, 5.74) is 2.35. The van der Waals surface area contributed by atoms with E-state index in [-0.39, 0.29) is 6.04 Å². The number of ether oxygens (including phenoxy) is 1. The number of halogens is 1. The number of nitrogens with zero attached hydrogens (tertiary/aromatic N) is 1. The molecule has 0 spiro atoms. The number of aromatic nitrogens is 1. The highest BCUT2D eigenvalue weighted by atomic mass is 79.9. The third-order valence-electron chi connectivity index (χ3n) is 3.25. The maximum Gasteiger partial charge on any atom is 0.125 e. The molecule has 0 aliphatic heterocycles. The predicted octanol–water partition coefficient (Wildman–Crippen LogP) is 3.75. The van der Waals surface area contributed by atoms with E-state index >= 15 is 0 Å². The molecule has 20 heavy (non-hydrogen) atoms. The van der Waals surface area contributed by atoms with Gasteiger partial charge in [-0.15, -0.1) is 0 Å². The highest BCUT2D eigenvalue weighted by molar-refractivity contribution is 9.10. The summed E-state index contributed by atoms with van der Waals surface area (Å²) in [7, 11) is 1.95. The molecular weight excluding hydrogens is 316 g/mol. The van der Waals surface area contributed by atoms with Crippen LogP contribution in [0.1, 0.15) is 24.1 Å². The van der Waals surface area contributed by atoms with E-state index in [0.717, 1.165) is 16.6 Å². The van der Waals surface area contributed by atoms with Crippen LogP contribution in [0.4, 0.5) is 0 Å². The van der Waals surface area contributed by atoms with Crippen LogP contribution in [0.2, 0.25) is 0 Å². The Bertz CT molecular complexity index is 545. The molecule has 1 aromatic heterocycles. The minimum Gasteiger partial charge on any atom is -0.493 e. The molecule has 0 bridgehead atoms. The third kappa shape index (κ3) is 4.05. The first kappa shape index (κ1) is 15.0. The lowest BCUT2D eigenvalue weighted by molar-refractivity contribution is 0.315. The van der Waals surface area contributed by atoms with Crippen LogP contribution in [0.3, 0.4) is 0 Å². The monoisotopic (exact) mass is 334 g/mol. The van der Waals surface area contributed by atoms with Crippen molar-refractivity contribution in [1.29, 1.82) is 0 Å². The summed E-state index contributed by atoms with van der Waals surface area (Å²) in [6, 6.07) is 10.4. The quantitative estimate of drug-likeness (QED) is 0.873. The topological polar surface area (TPSA) is 34.1 Å². The molecule has 1 aromatic carbocycles. The van der Waals surface area contributed by atoms with Gasteiger partial charge in [0.25, 0.3) is 0 Å². The zero-order valence-corrected chi connectivity index (χ0v) is 13.4. The molecule has 4 heteroatoms. The van der Waals surface area contributed by atoms with Crippen LogP contribution in [-0.2, 0) is 6.42 Å². The van der Waals surface area contributed by atoms with Crippen molar-refractivity contribution >= 4 is 15.9 Å². The van der Waals surface area contributed by atoms with Crippen LogP contribution in [0, 0.1) is 0 Å². The first-order valence-corrected chi connectivity index (χ1v) is 7.48. The number of hydrogen-bond acceptors (Lipinski definition) is 3. The van der Waals surface area contributed by atoms with Gasteiger partial charge >= 0.3 is 0 Å². The summed E-state index contributed by atoms with van der Waals surface area (Å²) in [6.45, 7) is 2.77. The molecule has 2 aromatic rings. The number of hydrogen-bond donors (Lipinski definition) is 1. The van der Waals surface area contributed by atoms with Gasteiger partial charge in [-0.2, -0.15) is 0 Å². The number of rotatable bonds is 6. The molecule has 1 N–H and O–H groups in total. The molecule has 0 amide bonds. The van der Waals surface area contributed by atoms with E-state index < -0.39 is 0 Å². The lowest BCUT2D eigenvalue weighted by Crippen LogP contribution is -2.14. The van der Waals surface area contributed by atoms with Crippen molar-refractivity contribution in [3.63, 3.8) is 0 Å². The lowest BCUT2D eigenvalue weighted by atomic mass is 10.1. The van der Waals surface area contributed by atoms with E-state index in [9.17, 15) is 0 Å². The second-order valence-electron chi connectivity index (χ2n) is 4.65. The molecule has 0 aliphatic carbocycles. The molecule has 1 atom stereocenters. The van der Waals surface area contributed by atoms with E-state index in [2.05, 4.69) is 45.3 Å². The highest BCUT2D eigenvalue weighted by Crippen LogP contribution is 2.28. The average Bonchev–Trinajstić information content (AvgIpc) is 2.48. The largest absolute Gasteiger partial charge is 0.493 e. The van der Waals surface area contributed by atoms with Gasteiger partial charge in [-0.1, -0.05) is 28.1 Å². The van der Waals surface area contributed by atoms with Gasteiger partial charge in [-0.3, -0.25) is 4.98 Å². The second-order valence-corrected chi connectivity index (χ2v) is 5.57. The van der Waals surface area contributed by atoms with Gasteiger partial charge in [0.2, 0.25) is 0 Å². The van der Waals surface area contributed by atoms with Crippen molar-refractivity contribution in [1.82, 2.24) is 10.3 Å². The second kappa shape index (κ2) is 7.41. The molecule has 0 saturated heterocycles. The van der Waals surface area contributed by atoms with Crippen molar-refractivity contribution in [3.05, 3.63) is 58.3 Å². The summed E-state index contributed by atoms with van der Waals surface area (Å²) < 4.78 is 6.98. The Balaban J connectivity index is 2.03. The van der Waals surface area contributed by atoms with Crippen molar-refractivity contribution < 1.29 is 4.74 Å². The van der Waals surface area contributed by atoms with Gasteiger partial charge in [-0.05, 0) is 37.7 Å². The van der Waals surface area contributed by atoms with E-state index in [1.54, 1.807) is 6.20 Å². The van der Waals surface area contributed by atoms with E-state index in [4.69, 9.17) is 4.74 Å². The first-order chi connectivity index (χ1) is 9.70. The minimum absolute atomic E-state index is 0.261. The normalized spacial score (nSPS) is 12.2. The van der Waals surface area contributed by atoms with Crippen LogP contribution in [0.15, 0.2) is 47.2 Å². The number of benzene rings is 1. The average molecular weight is 335 g/mol. The van der Waals surface area contributed by atoms with Gasteiger partial charge in [-0.25, -0.2) is 0 Å². The highest BCUT2D eigenvalue weighted by Gasteiger charge is 2.10. The SMILES string of the molecule is CNC(C)c1ccc(Br)cc1OCCc1cccnc1. The van der Waals surface area contributed by atoms with Gasteiger partial charge in [0.1, 0.15) is 5.75 Å². The fourth-order valence-corrected chi connectivity index (χ4v) is 2.31. The van der Waals surface area contributed by atoms with Crippen molar-refractivity contribution in [2.75, 3.05) is 13.7 Å². The Labute approximate surface area is 128 Å². The van der Waals surface area contributed by atoms with Gasteiger partial charge in [0.15, 0.2) is 0 Å². The molecular formula is C16H19BrN2O. The van der Waals surface area contributed by atoms with Crippen LogP contribution in [0.5, 0.6) is 5.75 Å². The van der Waals surface area contributed by atoms with Crippen molar-refractivity contribution in [3.8, 4) is 5.75 Å². The van der Waals surface area contributed by atoms with Crippen LogP contribution in [0.25, 0.3) is 0 Å². The standard InChI is InChI=1S/C16H19BrN2O/c1-12(18-2)15-6-5-14(17)10-16(15)20-9-7-13-4-3-8-19-11-13/h3-6,8,10-12,18H,7,9H2,1-2H3. The maximum atomic E-state index is 5.95. The Morgan fingerprint density at radius 1 is 1.35 bits per heavy atom. The summed E-state index contributed by atoms with van der Waals surface area (Å²) in [5.74, 6) is 0.921. The molecule has 0 saturated carbocycles. The van der Waals surface area contributed by atoms with E-state index in [0.29, 0.717) is 6.61 Å². The Morgan fingerprint density at radius 3 is 2.90 bits per heavy atom. The van der Waals surface area contributed by atoms with Gasteiger partial charge in [0, 0.05) is 34.9 Å². The smallest absolute Gasteiger partial charge is 0.125 e. The van der Waals surface area contributed by atoms with Gasteiger partial charge < -0.3 is 10.1 Å². The van der Waals surface area contributed by atoms with E-state index in [1.807, 2.05) is 31.4 Å². The van der Waals surface area contributed by atoms with E-state index in [1.165, 1.54) is 11.1 Å². The molecule has 1 heterocycles. The summed E-state index contributed by atoms with van der Waals surface area (Å²) >= 11 is 3.49. The first-order valence-electron chi connectivity index (χ1n) is 6.69. The predicted molar refractivity (Wildman–Crippen MR) is 85.1 cm³/mol. The van der Waals surface area contributed by atoms with Crippen LogP contribution in [-0.4, -0.2) is 18.6 Å². The van der Waals surface area contributed by atoms with Crippen LogP contribution >= 0.6 is 15.9 Å². The number of pyridine rings is 1.